The fraction of sp³-hybridized carbons (Fsp3) is 0.348. The molecule has 0 radical (unpaired) electrons. The molecule has 1 aromatic carbocycles. The second-order valence-corrected chi connectivity index (χ2v) is 8.18. The summed E-state index contributed by atoms with van der Waals surface area (Å²) < 4.78 is 38.7. The number of piperidine rings is 1. The third-order valence-corrected chi connectivity index (χ3v) is 5.48. The van der Waals surface area contributed by atoms with E-state index in [4.69, 9.17) is 4.84 Å². The van der Waals surface area contributed by atoms with Crippen LogP contribution in [0, 0.1) is 0 Å². The smallest absolute Gasteiger partial charge is 0.392 e. The minimum Gasteiger partial charge on any atom is -0.392 e. The van der Waals surface area contributed by atoms with E-state index in [1.54, 1.807) is 35.9 Å². The molecular weight excluding hydrogens is 449 g/mol. The van der Waals surface area contributed by atoms with Gasteiger partial charge in [-0.2, -0.15) is 13.2 Å². The third-order valence-electron chi connectivity index (χ3n) is 5.48. The lowest BCUT2D eigenvalue weighted by atomic mass is 10.1. The molecule has 0 unspecified atom stereocenters. The quantitative estimate of drug-likeness (QED) is 0.416. The van der Waals surface area contributed by atoms with Gasteiger partial charge in [0.25, 0.3) is 0 Å². The molecule has 0 bridgehead atoms. The van der Waals surface area contributed by atoms with Crippen LogP contribution in [0.15, 0.2) is 53.9 Å². The first-order valence-electron chi connectivity index (χ1n) is 10.8. The van der Waals surface area contributed by atoms with Crippen LogP contribution in [0.2, 0.25) is 0 Å². The number of urea groups is 1. The summed E-state index contributed by atoms with van der Waals surface area (Å²) in [6.45, 7) is 0.594. The van der Waals surface area contributed by atoms with E-state index >= 15 is 0 Å². The second-order valence-electron chi connectivity index (χ2n) is 8.18. The molecule has 4 rings (SSSR count). The molecule has 2 aromatic heterocycles. The third kappa shape index (κ3) is 6.25. The lowest BCUT2D eigenvalue weighted by Gasteiger charge is -2.27. The molecular formula is C23H25F3N6O2. The molecule has 0 saturated carbocycles. The number of pyridine rings is 1. The van der Waals surface area contributed by atoms with Crippen LogP contribution in [0.4, 0.5) is 23.7 Å². The standard InChI is InChI=1S/C23H25F3N6O2/c1-31-8-6-19(7-9-31)34-29-13-16-5-10-32-20(14-27-21(32)11-16)17-3-2-4-18(12-17)30-22(33)28-15-23(24,25)26/h2-5,10-14,19H,6-9,15H2,1H3,(H2,28,30,33). The van der Waals surface area contributed by atoms with E-state index in [9.17, 15) is 18.0 Å². The Balaban J connectivity index is 1.42. The maximum atomic E-state index is 12.3. The molecule has 1 aliphatic heterocycles. The molecule has 0 spiro atoms. The fourth-order valence-electron chi connectivity index (χ4n) is 3.67. The van der Waals surface area contributed by atoms with Gasteiger partial charge in [0.2, 0.25) is 0 Å². The lowest BCUT2D eigenvalue weighted by Crippen LogP contribution is -2.36. The zero-order valence-electron chi connectivity index (χ0n) is 18.5. The van der Waals surface area contributed by atoms with E-state index < -0.39 is 18.8 Å². The average molecular weight is 474 g/mol. The van der Waals surface area contributed by atoms with Crippen molar-refractivity contribution in [2.24, 2.45) is 5.16 Å². The van der Waals surface area contributed by atoms with Gasteiger partial charge in [-0.1, -0.05) is 17.3 Å². The SMILES string of the molecule is CN1CCC(ON=Cc2ccn3c(-c4cccc(NC(=O)NCC(F)(F)F)c4)cnc3c2)CC1. The van der Waals surface area contributed by atoms with E-state index in [1.165, 1.54) is 0 Å². The number of nitrogens with zero attached hydrogens (tertiary/aromatic N) is 4. The normalized spacial score (nSPS) is 15.6. The molecule has 1 saturated heterocycles. The van der Waals surface area contributed by atoms with Crippen LogP contribution >= 0.6 is 0 Å². The number of hydrogen-bond donors (Lipinski definition) is 2. The first-order valence-corrected chi connectivity index (χ1v) is 10.8. The van der Waals surface area contributed by atoms with Crippen LogP contribution in [0.3, 0.4) is 0 Å². The first-order chi connectivity index (χ1) is 16.3. The predicted molar refractivity (Wildman–Crippen MR) is 123 cm³/mol. The number of aromatic nitrogens is 2. The van der Waals surface area contributed by atoms with Crippen LogP contribution in [0.5, 0.6) is 0 Å². The summed E-state index contributed by atoms with van der Waals surface area (Å²) in [6.07, 6.45) is 2.77. The van der Waals surface area contributed by atoms with Gasteiger partial charge in [-0.15, -0.1) is 0 Å². The van der Waals surface area contributed by atoms with Crippen molar-refractivity contribution in [2.75, 3.05) is 32.0 Å². The van der Waals surface area contributed by atoms with Crippen LogP contribution in [-0.4, -0.2) is 65.5 Å². The van der Waals surface area contributed by atoms with Gasteiger partial charge in [0, 0.05) is 36.1 Å². The summed E-state index contributed by atoms with van der Waals surface area (Å²) in [5, 5.41) is 8.33. The summed E-state index contributed by atoms with van der Waals surface area (Å²) in [7, 11) is 2.09. The summed E-state index contributed by atoms with van der Waals surface area (Å²) in [5.74, 6) is 0. The van der Waals surface area contributed by atoms with Crippen LogP contribution in [-0.2, 0) is 4.84 Å². The minimum atomic E-state index is -4.47. The van der Waals surface area contributed by atoms with E-state index in [0.717, 1.165) is 42.8 Å². The summed E-state index contributed by atoms with van der Waals surface area (Å²) in [5.41, 5.74) is 3.41. The molecule has 2 N–H and O–H groups in total. The Labute approximate surface area is 194 Å². The lowest BCUT2D eigenvalue weighted by molar-refractivity contribution is -0.122. The van der Waals surface area contributed by atoms with Crippen LogP contribution in [0.25, 0.3) is 16.9 Å². The molecule has 2 amide bonds. The highest BCUT2D eigenvalue weighted by Gasteiger charge is 2.27. The average Bonchev–Trinajstić information content (AvgIpc) is 3.22. The molecule has 0 atom stereocenters. The van der Waals surface area contributed by atoms with Crippen molar-refractivity contribution in [2.45, 2.75) is 25.1 Å². The van der Waals surface area contributed by atoms with Gasteiger partial charge in [-0.3, -0.25) is 4.40 Å². The van der Waals surface area contributed by atoms with Crippen molar-refractivity contribution in [3.8, 4) is 11.3 Å². The second kappa shape index (κ2) is 10.1. The van der Waals surface area contributed by atoms with E-state index in [-0.39, 0.29) is 6.10 Å². The number of carbonyl (C=O) groups is 1. The summed E-state index contributed by atoms with van der Waals surface area (Å²) >= 11 is 0. The van der Waals surface area contributed by atoms with Gasteiger partial charge in [0.05, 0.1) is 18.1 Å². The number of rotatable bonds is 6. The van der Waals surface area contributed by atoms with E-state index in [0.29, 0.717) is 11.3 Å². The molecule has 34 heavy (non-hydrogen) atoms. The highest BCUT2D eigenvalue weighted by Crippen LogP contribution is 2.24. The predicted octanol–water partition coefficient (Wildman–Crippen LogP) is 4.13. The highest BCUT2D eigenvalue weighted by molar-refractivity contribution is 5.90. The Bertz CT molecular complexity index is 1170. The van der Waals surface area contributed by atoms with E-state index in [2.05, 4.69) is 27.4 Å². The van der Waals surface area contributed by atoms with E-state index in [1.807, 2.05) is 28.8 Å². The highest BCUT2D eigenvalue weighted by atomic mass is 19.4. The number of fused-ring (bicyclic) bond motifs is 1. The van der Waals surface area contributed by atoms with Crippen LogP contribution < -0.4 is 10.6 Å². The number of anilines is 1. The fourth-order valence-corrected chi connectivity index (χ4v) is 3.67. The molecule has 1 aliphatic rings. The number of oxime groups is 1. The molecule has 0 aliphatic carbocycles. The number of hydrogen-bond acceptors (Lipinski definition) is 5. The maximum absolute atomic E-state index is 12.3. The number of carbonyl (C=O) groups excluding carboxylic acids is 1. The number of halogens is 3. The Morgan fingerprint density at radius 1 is 1.26 bits per heavy atom. The monoisotopic (exact) mass is 474 g/mol. The van der Waals surface area contributed by atoms with Gasteiger partial charge >= 0.3 is 12.2 Å². The summed E-state index contributed by atoms with van der Waals surface area (Å²) in [6, 6.07) is 9.62. The number of benzene rings is 1. The number of nitrogens with one attached hydrogen (secondary N) is 2. The molecule has 180 valence electrons. The van der Waals surface area contributed by atoms with Crippen molar-refractivity contribution in [1.29, 1.82) is 0 Å². The van der Waals surface area contributed by atoms with Crippen molar-refractivity contribution in [3.05, 3.63) is 54.4 Å². The van der Waals surface area contributed by atoms with Gasteiger partial charge < -0.3 is 20.4 Å². The Morgan fingerprint density at radius 2 is 2.06 bits per heavy atom. The topological polar surface area (TPSA) is 83.3 Å². The Kier molecular flexibility index (Phi) is 7.01. The maximum Gasteiger partial charge on any atom is 0.405 e. The first kappa shape index (κ1) is 23.6. The Morgan fingerprint density at radius 3 is 2.82 bits per heavy atom. The van der Waals surface area contributed by atoms with Gasteiger partial charge in [0.15, 0.2) is 0 Å². The van der Waals surface area contributed by atoms with Crippen molar-refractivity contribution < 1.29 is 22.8 Å². The zero-order valence-corrected chi connectivity index (χ0v) is 18.5. The van der Waals surface area contributed by atoms with Crippen molar-refractivity contribution in [1.82, 2.24) is 19.6 Å². The minimum absolute atomic E-state index is 0.130. The largest absolute Gasteiger partial charge is 0.405 e. The van der Waals surface area contributed by atoms with Gasteiger partial charge in [-0.25, -0.2) is 9.78 Å². The molecule has 11 heteroatoms. The number of imidazole rings is 1. The molecule has 8 nitrogen and oxygen atoms in total. The van der Waals surface area contributed by atoms with Crippen molar-refractivity contribution >= 4 is 23.6 Å². The molecule has 1 fully saturated rings. The van der Waals surface area contributed by atoms with Gasteiger partial charge in [-0.05, 0) is 44.2 Å². The number of alkyl halides is 3. The van der Waals surface area contributed by atoms with Crippen molar-refractivity contribution in [3.63, 3.8) is 0 Å². The Hall–Kier alpha value is -3.60. The zero-order chi connectivity index (χ0) is 24.1. The number of amides is 2. The van der Waals surface area contributed by atoms with Crippen LogP contribution in [0.1, 0.15) is 18.4 Å². The molecule has 3 heterocycles. The molecule has 3 aromatic rings. The summed E-state index contributed by atoms with van der Waals surface area (Å²) in [4.78, 5) is 24.1. The van der Waals surface area contributed by atoms with Gasteiger partial charge in [0.1, 0.15) is 18.3 Å². The number of likely N-dealkylation sites (tertiary alicyclic amines) is 1.